The van der Waals surface area contributed by atoms with Crippen molar-refractivity contribution in [2.45, 2.75) is 37.1 Å². The quantitative estimate of drug-likeness (QED) is 0.835. The Hall–Kier alpha value is -0.390. The number of nitrogens with one attached hydrogen (secondary N) is 1. The maximum absolute atomic E-state index is 5.38. The predicted molar refractivity (Wildman–Crippen MR) is 89.0 cm³/mol. The van der Waals surface area contributed by atoms with Gasteiger partial charge in [-0.05, 0) is 52.7 Å². The molecule has 5 heteroatoms. The number of ether oxygens (including phenoxy) is 2. The van der Waals surface area contributed by atoms with Gasteiger partial charge in [0.05, 0.1) is 18.7 Å². The number of methoxy groups -OCH3 is 2. The van der Waals surface area contributed by atoms with Crippen molar-refractivity contribution in [2.24, 2.45) is 0 Å². The van der Waals surface area contributed by atoms with E-state index in [1.165, 1.54) is 24.8 Å². The van der Waals surface area contributed by atoms with Gasteiger partial charge in [-0.2, -0.15) is 11.8 Å². The Morgan fingerprint density at radius 3 is 2.75 bits per heavy atom. The molecule has 0 bridgehead atoms. The number of rotatable bonds is 6. The highest BCUT2D eigenvalue weighted by atomic mass is 79.9. The van der Waals surface area contributed by atoms with Crippen molar-refractivity contribution in [3.63, 3.8) is 0 Å². The summed E-state index contributed by atoms with van der Waals surface area (Å²) in [6.07, 6.45) is 6.14. The van der Waals surface area contributed by atoms with Crippen molar-refractivity contribution in [1.29, 1.82) is 0 Å². The van der Waals surface area contributed by atoms with Gasteiger partial charge in [0, 0.05) is 17.8 Å². The molecule has 112 valence electrons. The van der Waals surface area contributed by atoms with Crippen LogP contribution in [0.15, 0.2) is 16.6 Å². The lowest BCUT2D eigenvalue weighted by Gasteiger charge is -2.20. The van der Waals surface area contributed by atoms with Crippen LogP contribution in [0, 0.1) is 0 Å². The largest absolute Gasteiger partial charge is 0.493 e. The highest BCUT2D eigenvalue weighted by Crippen LogP contribution is 2.36. The van der Waals surface area contributed by atoms with E-state index in [0.29, 0.717) is 6.04 Å². The lowest BCUT2D eigenvalue weighted by Crippen LogP contribution is -2.33. The summed E-state index contributed by atoms with van der Waals surface area (Å²) in [4.78, 5) is 0. The zero-order valence-electron chi connectivity index (χ0n) is 12.2. The molecule has 0 aromatic heterocycles. The molecule has 0 spiro atoms. The average Bonchev–Trinajstić information content (AvgIpc) is 2.91. The van der Waals surface area contributed by atoms with Crippen molar-refractivity contribution in [2.75, 3.05) is 20.5 Å². The molecule has 3 nitrogen and oxygen atoms in total. The van der Waals surface area contributed by atoms with Gasteiger partial charge in [-0.25, -0.2) is 0 Å². The number of thioether (sulfide) groups is 1. The van der Waals surface area contributed by atoms with Crippen molar-refractivity contribution < 1.29 is 9.47 Å². The minimum absolute atomic E-state index is 0.622. The van der Waals surface area contributed by atoms with Gasteiger partial charge >= 0.3 is 0 Å². The molecule has 0 saturated heterocycles. The molecule has 1 saturated carbocycles. The summed E-state index contributed by atoms with van der Waals surface area (Å²) in [5, 5.41) is 4.43. The van der Waals surface area contributed by atoms with Crippen LogP contribution in [0.2, 0.25) is 0 Å². The average molecular weight is 360 g/mol. The third-order valence-electron chi connectivity index (χ3n) is 3.82. The molecule has 0 aliphatic heterocycles. The maximum Gasteiger partial charge on any atom is 0.174 e. The minimum Gasteiger partial charge on any atom is -0.493 e. The fraction of sp³-hybridized carbons (Fsp3) is 0.600. The molecular formula is C15H22BrNO2S. The van der Waals surface area contributed by atoms with Gasteiger partial charge < -0.3 is 14.8 Å². The van der Waals surface area contributed by atoms with Gasteiger partial charge in [0.25, 0.3) is 0 Å². The lowest BCUT2D eigenvalue weighted by molar-refractivity contribution is 0.352. The minimum atomic E-state index is 0.622. The molecule has 2 rings (SSSR count). The molecule has 20 heavy (non-hydrogen) atoms. The normalized spacial score (nSPS) is 22.0. The number of halogens is 1. The highest BCUT2D eigenvalue weighted by Gasteiger charge is 2.25. The number of benzene rings is 1. The van der Waals surface area contributed by atoms with Crippen LogP contribution in [-0.4, -0.2) is 31.8 Å². The molecule has 2 unspecified atom stereocenters. The van der Waals surface area contributed by atoms with E-state index >= 15 is 0 Å². The zero-order valence-corrected chi connectivity index (χ0v) is 14.6. The molecule has 1 fully saturated rings. The van der Waals surface area contributed by atoms with Crippen LogP contribution < -0.4 is 14.8 Å². The molecule has 1 aromatic rings. The molecule has 2 atom stereocenters. The third-order valence-corrected chi connectivity index (χ3v) is 5.58. The van der Waals surface area contributed by atoms with Gasteiger partial charge in [-0.15, -0.1) is 0 Å². The van der Waals surface area contributed by atoms with Crippen LogP contribution in [0.1, 0.15) is 24.8 Å². The van der Waals surface area contributed by atoms with E-state index in [2.05, 4.69) is 33.6 Å². The topological polar surface area (TPSA) is 30.5 Å². The van der Waals surface area contributed by atoms with Crippen LogP contribution in [0.5, 0.6) is 11.5 Å². The molecule has 0 radical (unpaired) electrons. The summed E-state index contributed by atoms with van der Waals surface area (Å²) in [6.45, 7) is 0.862. The first-order valence-electron chi connectivity index (χ1n) is 6.86. The van der Waals surface area contributed by atoms with Crippen LogP contribution in [0.25, 0.3) is 0 Å². The Labute approximate surface area is 133 Å². The van der Waals surface area contributed by atoms with E-state index in [0.717, 1.165) is 27.8 Å². The van der Waals surface area contributed by atoms with E-state index in [4.69, 9.17) is 9.47 Å². The zero-order chi connectivity index (χ0) is 14.5. The Kier molecular flexibility index (Phi) is 6.05. The fourth-order valence-electron chi connectivity index (χ4n) is 2.76. The van der Waals surface area contributed by atoms with Gasteiger partial charge in [0.2, 0.25) is 0 Å². The first-order valence-corrected chi connectivity index (χ1v) is 8.94. The summed E-state index contributed by atoms with van der Waals surface area (Å²) < 4.78 is 11.7. The van der Waals surface area contributed by atoms with Gasteiger partial charge in [-0.3, -0.25) is 0 Å². The summed E-state index contributed by atoms with van der Waals surface area (Å²) >= 11 is 5.52. The third kappa shape index (κ3) is 3.62. The second kappa shape index (κ2) is 7.57. The molecule has 1 aliphatic carbocycles. The second-order valence-electron chi connectivity index (χ2n) is 5.01. The first-order chi connectivity index (χ1) is 9.69. The summed E-state index contributed by atoms with van der Waals surface area (Å²) in [5.74, 6) is 1.52. The first kappa shape index (κ1) is 16.0. The van der Waals surface area contributed by atoms with Crippen LogP contribution in [0.3, 0.4) is 0 Å². The van der Waals surface area contributed by atoms with Gasteiger partial charge in [0.1, 0.15) is 0 Å². The smallest absolute Gasteiger partial charge is 0.174 e. The van der Waals surface area contributed by atoms with Gasteiger partial charge in [-0.1, -0.05) is 6.42 Å². The molecule has 1 aliphatic rings. The van der Waals surface area contributed by atoms with Crippen molar-refractivity contribution in [1.82, 2.24) is 5.32 Å². The van der Waals surface area contributed by atoms with Crippen LogP contribution in [0.4, 0.5) is 0 Å². The maximum atomic E-state index is 5.38. The summed E-state index contributed by atoms with van der Waals surface area (Å²) in [7, 11) is 3.32. The Morgan fingerprint density at radius 2 is 2.10 bits per heavy atom. The van der Waals surface area contributed by atoms with Gasteiger partial charge in [0.15, 0.2) is 11.5 Å². The number of hydrogen-bond donors (Lipinski definition) is 1. The fourth-order valence-corrected chi connectivity index (χ4v) is 4.38. The van der Waals surface area contributed by atoms with Crippen LogP contribution >= 0.6 is 27.7 Å². The lowest BCUT2D eigenvalue weighted by atomic mass is 10.1. The molecular weight excluding hydrogens is 338 g/mol. The van der Waals surface area contributed by atoms with Crippen LogP contribution in [-0.2, 0) is 6.54 Å². The Bertz CT molecular complexity index is 456. The molecule has 1 aromatic carbocycles. The van der Waals surface area contributed by atoms with Crippen molar-refractivity contribution in [3.8, 4) is 11.5 Å². The standard InChI is InChI=1S/C15H22BrNO2S/c1-18-13-8-10(7-11(16)15(13)19-2)9-17-12-5-4-6-14(12)20-3/h7-8,12,14,17H,4-6,9H2,1-3H3. The SMILES string of the molecule is COc1cc(CNC2CCCC2SC)cc(Br)c1OC. The Morgan fingerprint density at radius 1 is 1.30 bits per heavy atom. The summed E-state index contributed by atoms with van der Waals surface area (Å²) in [6, 6.07) is 4.76. The van der Waals surface area contributed by atoms with Crippen molar-refractivity contribution in [3.05, 3.63) is 22.2 Å². The molecule has 0 heterocycles. The van der Waals surface area contributed by atoms with E-state index in [1.54, 1.807) is 14.2 Å². The predicted octanol–water partition coefficient (Wildman–Crippen LogP) is 3.84. The van der Waals surface area contributed by atoms with Crippen molar-refractivity contribution >= 4 is 27.7 Å². The van der Waals surface area contributed by atoms with E-state index < -0.39 is 0 Å². The highest BCUT2D eigenvalue weighted by molar-refractivity contribution is 9.10. The molecule has 0 amide bonds. The number of hydrogen-bond acceptors (Lipinski definition) is 4. The molecule has 1 N–H and O–H groups in total. The van der Waals surface area contributed by atoms with E-state index in [1.807, 2.05) is 17.8 Å². The second-order valence-corrected chi connectivity index (χ2v) is 6.94. The Balaban J connectivity index is 2.04. The van der Waals surface area contributed by atoms with E-state index in [-0.39, 0.29) is 0 Å². The monoisotopic (exact) mass is 359 g/mol. The van der Waals surface area contributed by atoms with E-state index in [9.17, 15) is 0 Å². The summed E-state index contributed by atoms with van der Waals surface area (Å²) in [5.41, 5.74) is 1.21.